The molecule has 15 heavy (non-hydrogen) atoms. The highest BCUT2D eigenvalue weighted by Gasteiger charge is 2.10. The van der Waals surface area contributed by atoms with Gasteiger partial charge >= 0.3 is 5.97 Å². The van der Waals surface area contributed by atoms with Crippen LogP contribution in [0.25, 0.3) is 0 Å². The minimum Gasteiger partial charge on any atom is -0.466 e. The van der Waals surface area contributed by atoms with Gasteiger partial charge in [-0.2, -0.15) is 4.98 Å². The number of ether oxygens (including phenoxy) is 2. The van der Waals surface area contributed by atoms with Gasteiger partial charge in [-0.25, -0.2) is 4.79 Å². The molecule has 0 saturated heterocycles. The molecule has 0 bridgehead atoms. The van der Waals surface area contributed by atoms with Crippen molar-refractivity contribution in [2.45, 2.75) is 0 Å². The van der Waals surface area contributed by atoms with E-state index in [4.69, 9.17) is 33.7 Å². The van der Waals surface area contributed by atoms with E-state index < -0.39 is 5.97 Å². The molecule has 0 unspecified atom stereocenters. The van der Waals surface area contributed by atoms with Crippen LogP contribution in [0.1, 0.15) is 0 Å². The molecule has 1 heterocycles. The third-order valence-electron chi connectivity index (χ3n) is 1.48. The summed E-state index contributed by atoms with van der Waals surface area (Å²) < 4.78 is 9.34. The van der Waals surface area contributed by atoms with E-state index in [9.17, 15) is 4.79 Å². The fourth-order valence-electron chi connectivity index (χ4n) is 0.751. The summed E-state index contributed by atoms with van der Waals surface area (Å²) in [5.41, 5.74) is 5.43. The first kappa shape index (κ1) is 11.9. The number of esters is 1. The van der Waals surface area contributed by atoms with Crippen molar-refractivity contribution in [3.8, 4) is 5.88 Å². The van der Waals surface area contributed by atoms with Crippen LogP contribution in [0.15, 0.2) is 6.07 Å². The maximum atomic E-state index is 10.8. The van der Waals surface area contributed by atoms with Crippen LogP contribution in [0.3, 0.4) is 0 Å². The molecule has 0 spiro atoms. The topological polar surface area (TPSA) is 74.4 Å². The zero-order chi connectivity index (χ0) is 11.4. The number of carbonyl (C=O) groups excluding carboxylic acids is 1. The number of nitrogens with zero attached hydrogens (tertiary/aromatic N) is 1. The third kappa shape index (κ3) is 3.14. The highest BCUT2D eigenvalue weighted by molar-refractivity contribution is 6.36. The number of carbonyl (C=O) groups is 1. The number of pyridine rings is 1. The largest absolute Gasteiger partial charge is 0.466 e. The predicted molar refractivity (Wildman–Crippen MR) is 56.2 cm³/mol. The number of aromatic nitrogens is 1. The Labute approximate surface area is 96.1 Å². The Kier molecular flexibility index (Phi) is 3.99. The number of hydrogen-bond donors (Lipinski definition) is 1. The Morgan fingerprint density at radius 3 is 2.80 bits per heavy atom. The van der Waals surface area contributed by atoms with Crippen molar-refractivity contribution in [2.24, 2.45) is 0 Å². The standard InChI is InChI=1S/C8H8Cl2N2O3/c1-14-6(13)3-15-8-5(10)2-4(9)7(11)12-8/h2H,3H2,1H3,(H2,11,12). The predicted octanol–water partition coefficient (Wildman–Crippen LogP) is 1.52. The van der Waals surface area contributed by atoms with Crippen LogP contribution in [0.2, 0.25) is 10.0 Å². The molecule has 0 saturated carbocycles. The molecule has 0 aliphatic rings. The van der Waals surface area contributed by atoms with Gasteiger partial charge in [0.05, 0.1) is 12.1 Å². The smallest absolute Gasteiger partial charge is 0.343 e. The van der Waals surface area contributed by atoms with E-state index in [1.54, 1.807) is 0 Å². The maximum absolute atomic E-state index is 10.8. The fourth-order valence-corrected chi connectivity index (χ4v) is 1.16. The van der Waals surface area contributed by atoms with E-state index >= 15 is 0 Å². The molecule has 1 aromatic heterocycles. The van der Waals surface area contributed by atoms with Crippen molar-refractivity contribution < 1.29 is 14.3 Å². The van der Waals surface area contributed by atoms with E-state index in [-0.39, 0.29) is 28.3 Å². The molecule has 0 aliphatic carbocycles. The van der Waals surface area contributed by atoms with Crippen LogP contribution in [0.5, 0.6) is 5.88 Å². The van der Waals surface area contributed by atoms with Crippen molar-refractivity contribution in [1.82, 2.24) is 4.98 Å². The van der Waals surface area contributed by atoms with Gasteiger partial charge in [-0.1, -0.05) is 23.2 Å². The van der Waals surface area contributed by atoms with E-state index in [1.165, 1.54) is 13.2 Å². The molecule has 0 radical (unpaired) electrons. The lowest BCUT2D eigenvalue weighted by molar-refractivity contribution is -0.143. The SMILES string of the molecule is COC(=O)COc1nc(N)c(Cl)cc1Cl. The second kappa shape index (κ2) is 5.04. The summed E-state index contributed by atoms with van der Waals surface area (Å²) in [7, 11) is 1.25. The van der Waals surface area contributed by atoms with Crippen LogP contribution < -0.4 is 10.5 Å². The highest BCUT2D eigenvalue weighted by Crippen LogP contribution is 2.28. The lowest BCUT2D eigenvalue weighted by Gasteiger charge is -2.07. The summed E-state index contributed by atoms with van der Waals surface area (Å²) in [6.45, 7) is -0.287. The van der Waals surface area contributed by atoms with Gasteiger partial charge in [0, 0.05) is 0 Å². The lowest BCUT2D eigenvalue weighted by atomic mass is 10.4. The zero-order valence-electron chi connectivity index (χ0n) is 7.79. The number of methoxy groups -OCH3 is 1. The molecule has 82 valence electrons. The van der Waals surface area contributed by atoms with Gasteiger partial charge in [0.2, 0.25) is 5.88 Å². The first-order chi connectivity index (χ1) is 7.04. The molecule has 5 nitrogen and oxygen atoms in total. The molecule has 2 N–H and O–H groups in total. The maximum Gasteiger partial charge on any atom is 0.343 e. The summed E-state index contributed by atoms with van der Waals surface area (Å²) in [6, 6.07) is 1.39. The number of nitrogens with two attached hydrogens (primary N) is 1. The van der Waals surface area contributed by atoms with Crippen LogP contribution in [0.4, 0.5) is 5.82 Å². The molecule has 0 fully saturated rings. The van der Waals surface area contributed by atoms with Gasteiger partial charge in [-0.15, -0.1) is 0 Å². The van der Waals surface area contributed by atoms with Gasteiger partial charge in [0.15, 0.2) is 6.61 Å². The Morgan fingerprint density at radius 1 is 1.53 bits per heavy atom. The van der Waals surface area contributed by atoms with Gasteiger partial charge in [0.1, 0.15) is 10.8 Å². The first-order valence-corrected chi connectivity index (χ1v) is 4.61. The monoisotopic (exact) mass is 250 g/mol. The Balaban J connectivity index is 2.77. The molecule has 7 heteroatoms. The van der Waals surface area contributed by atoms with E-state index in [1.807, 2.05) is 0 Å². The number of halogens is 2. The first-order valence-electron chi connectivity index (χ1n) is 3.85. The average Bonchev–Trinajstić information content (AvgIpc) is 2.21. The van der Waals surface area contributed by atoms with Crippen LogP contribution in [-0.4, -0.2) is 24.7 Å². The molecule has 1 rings (SSSR count). The summed E-state index contributed by atoms with van der Waals surface area (Å²) in [5.74, 6) is -0.411. The van der Waals surface area contributed by atoms with Crippen molar-refractivity contribution in [3.63, 3.8) is 0 Å². The number of nitrogen functional groups attached to an aromatic ring is 1. The van der Waals surface area contributed by atoms with Crippen LogP contribution in [-0.2, 0) is 9.53 Å². The fraction of sp³-hybridized carbons (Fsp3) is 0.250. The molecular weight excluding hydrogens is 243 g/mol. The quantitative estimate of drug-likeness (QED) is 0.824. The molecular formula is C8H8Cl2N2O3. The van der Waals surface area contributed by atoms with Crippen molar-refractivity contribution in [2.75, 3.05) is 19.5 Å². The van der Waals surface area contributed by atoms with E-state index in [0.29, 0.717) is 0 Å². The average molecular weight is 251 g/mol. The van der Waals surface area contributed by atoms with E-state index in [2.05, 4.69) is 9.72 Å². The Hall–Kier alpha value is -1.20. The minimum atomic E-state index is -0.540. The van der Waals surface area contributed by atoms with Gasteiger partial charge < -0.3 is 15.2 Å². The molecule has 0 atom stereocenters. The van der Waals surface area contributed by atoms with Crippen molar-refractivity contribution in [1.29, 1.82) is 0 Å². The van der Waals surface area contributed by atoms with Crippen molar-refractivity contribution >= 4 is 35.0 Å². The summed E-state index contributed by atoms with van der Waals surface area (Å²) >= 11 is 11.4. The molecule has 0 amide bonds. The van der Waals surface area contributed by atoms with Crippen LogP contribution >= 0.6 is 23.2 Å². The Bertz CT molecular complexity index is 384. The number of rotatable bonds is 3. The van der Waals surface area contributed by atoms with Crippen LogP contribution in [0, 0.1) is 0 Å². The summed E-state index contributed by atoms with van der Waals surface area (Å²) in [6.07, 6.45) is 0. The normalized spacial score (nSPS) is 9.80. The highest BCUT2D eigenvalue weighted by atomic mass is 35.5. The summed E-state index contributed by atoms with van der Waals surface area (Å²) in [4.78, 5) is 14.5. The van der Waals surface area contributed by atoms with Gasteiger partial charge in [-0.05, 0) is 6.07 Å². The second-order valence-electron chi connectivity index (χ2n) is 2.51. The minimum absolute atomic E-state index is 0.0453. The van der Waals surface area contributed by atoms with E-state index in [0.717, 1.165) is 0 Å². The third-order valence-corrected chi connectivity index (χ3v) is 2.05. The molecule has 0 aromatic carbocycles. The molecule has 1 aromatic rings. The second-order valence-corrected chi connectivity index (χ2v) is 3.32. The number of hydrogen-bond acceptors (Lipinski definition) is 5. The summed E-state index contributed by atoms with van der Waals surface area (Å²) in [5, 5.41) is 0.406. The van der Waals surface area contributed by atoms with Gasteiger partial charge in [0.25, 0.3) is 0 Å². The van der Waals surface area contributed by atoms with Crippen molar-refractivity contribution in [3.05, 3.63) is 16.1 Å². The Morgan fingerprint density at radius 2 is 2.20 bits per heavy atom. The molecule has 0 aliphatic heterocycles. The lowest BCUT2D eigenvalue weighted by Crippen LogP contribution is -2.13. The number of anilines is 1. The zero-order valence-corrected chi connectivity index (χ0v) is 9.30. The van der Waals surface area contributed by atoms with Gasteiger partial charge in [-0.3, -0.25) is 0 Å².